The number of nitrogens with zero attached hydrogens (tertiary/aromatic N) is 1. The van der Waals surface area contributed by atoms with Gasteiger partial charge in [-0.3, -0.25) is 0 Å². The van der Waals surface area contributed by atoms with E-state index in [4.69, 9.17) is 16.0 Å². The molecule has 1 atom stereocenters. The molecule has 1 heterocycles. The molecule has 5 aromatic carbocycles. The zero-order valence-corrected chi connectivity index (χ0v) is 23.6. The molecule has 0 spiro atoms. The summed E-state index contributed by atoms with van der Waals surface area (Å²) in [4.78, 5) is 3.80. The second-order valence-electron chi connectivity index (χ2n) is 10.9. The molecule has 0 fully saturated rings. The van der Waals surface area contributed by atoms with E-state index in [9.17, 15) is 0 Å². The molecule has 0 aromatic heterocycles. The lowest BCUT2D eigenvalue weighted by atomic mass is 9.71. The van der Waals surface area contributed by atoms with E-state index in [2.05, 4.69) is 104 Å². The lowest BCUT2D eigenvalue weighted by molar-refractivity contribution is 0.163. The highest BCUT2D eigenvalue weighted by Gasteiger charge is 2.46. The van der Waals surface area contributed by atoms with Crippen molar-refractivity contribution < 1.29 is 9.47 Å². The predicted octanol–water partition coefficient (Wildman–Crippen LogP) is 9.84. The molecule has 7 rings (SSSR count). The van der Waals surface area contributed by atoms with Crippen LogP contribution in [0.25, 0.3) is 32.8 Å². The summed E-state index contributed by atoms with van der Waals surface area (Å²) in [6.07, 6.45) is 6.39. The summed E-state index contributed by atoms with van der Waals surface area (Å²) < 4.78 is 12.8. The van der Waals surface area contributed by atoms with E-state index in [1.54, 1.807) is 7.11 Å². The van der Waals surface area contributed by atoms with Crippen LogP contribution in [0.3, 0.4) is 0 Å². The molecule has 0 saturated carbocycles. The highest BCUT2D eigenvalue weighted by molar-refractivity contribution is 6.08. The molecule has 0 saturated heterocycles. The zero-order valence-electron chi connectivity index (χ0n) is 23.6. The van der Waals surface area contributed by atoms with E-state index in [1.807, 2.05) is 24.3 Å². The highest BCUT2D eigenvalue weighted by atomic mass is 16.5. The van der Waals surface area contributed by atoms with Crippen molar-refractivity contribution in [2.24, 2.45) is 0 Å². The van der Waals surface area contributed by atoms with Crippen molar-refractivity contribution in [1.82, 2.24) is 0 Å². The first-order valence-electron chi connectivity index (χ1n) is 14.3. The molecule has 1 aliphatic carbocycles. The molecule has 1 aliphatic heterocycles. The topological polar surface area (TPSA) is 22.8 Å². The standard InChI is InChI=1S/C38H31NO2/c1-5-37(6-2)33-24-27(39-3)18-21-31(33)34-29-14-10-11-15-30(29)36-32(35(34)37)22-23-38(41-36,25-12-8-7-9-13-25)26-16-19-28(40-4)20-17-26/h7-24H,5-6H2,1-2,4H3. The molecule has 2 aliphatic rings. The van der Waals surface area contributed by atoms with Gasteiger partial charge in [0, 0.05) is 27.5 Å². The average Bonchev–Trinajstić information content (AvgIpc) is 3.35. The van der Waals surface area contributed by atoms with Crippen molar-refractivity contribution in [2.75, 3.05) is 7.11 Å². The van der Waals surface area contributed by atoms with Crippen molar-refractivity contribution >= 4 is 22.5 Å². The Balaban J connectivity index is 1.56. The summed E-state index contributed by atoms with van der Waals surface area (Å²) in [6.45, 7) is 12.3. The molecule has 1 unspecified atom stereocenters. The van der Waals surface area contributed by atoms with Crippen LogP contribution in [0.4, 0.5) is 5.69 Å². The number of benzene rings is 5. The van der Waals surface area contributed by atoms with Gasteiger partial charge in [0.15, 0.2) is 11.3 Å². The van der Waals surface area contributed by atoms with Gasteiger partial charge in [-0.15, -0.1) is 0 Å². The van der Waals surface area contributed by atoms with Gasteiger partial charge in [-0.2, -0.15) is 0 Å². The van der Waals surface area contributed by atoms with Crippen LogP contribution in [0.15, 0.2) is 103 Å². The van der Waals surface area contributed by atoms with Crippen LogP contribution in [0.5, 0.6) is 11.5 Å². The molecular weight excluding hydrogens is 502 g/mol. The Morgan fingerprint density at radius 2 is 1.49 bits per heavy atom. The summed E-state index contributed by atoms with van der Waals surface area (Å²) >= 11 is 0. The molecule has 41 heavy (non-hydrogen) atoms. The van der Waals surface area contributed by atoms with Crippen molar-refractivity contribution in [2.45, 2.75) is 37.7 Å². The van der Waals surface area contributed by atoms with E-state index >= 15 is 0 Å². The Bertz CT molecular complexity index is 1870. The largest absolute Gasteiger partial charge is 0.497 e. The van der Waals surface area contributed by atoms with Crippen molar-refractivity contribution in [1.29, 1.82) is 0 Å². The van der Waals surface area contributed by atoms with Crippen LogP contribution in [0, 0.1) is 6.57 Å². The highest BCUT2D eigenvalue weighted by Crippen LogP contribution is 2.60. The van der Waals surface area contributed by atoms with Gasteiger partial charge in [0.2, 0.25) is 0 Å². The lowest BCUT2D eigenvalue weighted by Gasteiger charge is -2.39. The first kappa shape index (κ1) is 25.2. The molecule has 0 radical (unpaired) electrons. The van der Waals surface area contributed by atoms with Gasteiger partial charge < -0.3 is 9.47 Å². The molecule has 5 aromatic rings. The van der Waals surface area contributed by atoms with E-state index < -0.39 is 5.60 Å². The van der Waals surface area contributed by atoms with Crippen molar-refractivity contribution in [3.8, 4) is 22.6 Å². The normalized spacial score (nSPS) is 17.7. The van der Waals surface area contributed by atoms with Crippen LogP contribution < -0.4 is 9.47 Å². The molecule has 0 bridgehead atoms. The van der Waals surface area contributed by atoms with E-state index in [-0.39, 0.29) is 5.41 Å². The van der Waals surface area contributed by atoms with Crippen LogP contribution in [-0.2, 0) is 11.0 Å². The molecule has 3 nitrogen and oxygen atoms in total. The molecular formula is C38H31NO2. The maximum atomic E-state index is 7.71. The van der Waals surface area contributed by atoms with Crippen LogP contribution >= 0.6 is 0 Å². The summed E-state index contributed by atoms with van der Waals surface area (Å²) in [6, 6.07) is 33.5. The van der Waals surface area contributed by atoms with Gasteiger partial charge in [0.25, 0.3) is 0 Å². The molecule has 0 N–H and O–H groups in total. The minimum atomic E-state index is -0.804. The Hall–Kier alpha value is -4.81. The number of hydrogen-bond donors (Lipinski definition) is 0. The van der Waals surface area contributed by atoms with Crippen LogP contribution in [0.1, 0.15) is 54.5 Å². The SMILES string of the molecule is [C-]#[N+]c1ccc2c(c1)C(CC)(CC)c1c3c(c4ccccc4c1-2)OC(c1ccccc1)(c1ccc(OC)cc1)C=C3. The van der Waals surface area contributed by atoms with Crippen molar-refractivity contribution in [3.63, 3.8) is 0 Å². The van der Waals surface area contributed by atoms with E-state index in [0.717, 1.165) is 46.4 Å². The summed E-state index contributed by atoms with van der Waals surface area (Å²) in [5, 5.41) is 2.29. The summed E-state index contributed by atoms with van der Waals surface area (Å²) in [5.41, 5.74) is 8.02. The minimum Gasteiger partial charge on any atom is -0.497 e. The van der Waals surface area contributed by atoms with E-state index in [1.165, 1.54) is 27.6 Å². The third-order valence-electron chi connectivity index (χ3n) is 9.28. The molecule has 200 valence electrons. The fourth-order valence-corrected chi connectivity index (χ4v) is 7.20. The molecule has 0 amide bonds. The number of fused-ring (bicyclic) bond motifs is 8. The van der Waals surface area contributed by atoms with Gasteiger partial charge >= 0.3 is 0 Å². The van der Waals surface area contributed by atoms with E-state index in [0.29, 0.717) is 5.69 Å². The third-order valence-corrected chi connectivity index (χ3v) is 9.28. The smallest absolute Gasteiger partial charge is 0.187 e. The van der Waals surface area contributed by atoms with Gasteiger partial charge in [-0.1, -0.05) is 105 Å². The van der Waals surface area contributed by atoms with Crippen molar-refractivity contribution in [3.05, 3.63) is 142 Å². The maximum absolute atomic E-state index is 7.71. The van der Waals surface area contributed by atoms with Gasteiger partial charge in [0.1, 0.15) is 11.5 Å². The quantitative estimate of drug-likeness (QED) is 0.210. The molecule has 3 heteroatoms. The number of hydrogen-bond acceptors (Lipinski definition) is 2. The zero-order chi connectivity index (χ0) is 28.2. The number of ether oxygens (including phenoxy) is 2. The fraction of sp³-hybridized carbons (Fsp3) is 0.184. The second-order valence-corrected chi connectivity index (χ2v) is 10.9. The van der Waals surface area contributed by atoms with Gasteiger partial charge in [0.05, 0.1) is 13.7 Å². The Morgan fingerprint density at radius 1 is 0.805 bits per heavy atom. The van der Waals surface area contributed by atoms with Crippen LogP contribution in [0.2, 0.25) is 0 Å². The summed E-state index contributed by atoms with van der Waals surface area (Å²) in [5.74, 6) is 1.72. The number of rotatable bonds is 5. The Kier molecular flexibility index (Phi) is 5.77. The predicted molar refractivity (Wildman–Crippen MR) is 167 cm³/mol. The Morgan fingerprint density at radius 3 is 2.17 bits per heavy atom. The second kappa shape index (κ2) is 9.39. The first-order valence-corrected chi connectivity index (χ1v) is 14.3. The lowest BCUT2D eigenvalue weighted by Crippen LogP contribution is -2.35. The minimum absolute atomic E-state index is 0.208. The fourth-order valence-electron chi connectivity index (χ4n) is 7.20. The van der Waals surface area contributed by atoms with Crippen LogP contribution in [-0.4, -0.2) is 7.11 Å². The monoisotopic (exact) mass is 533 g/mol. The number of methoxy groups -OCH3 is 1. The van der Waals surface area contributed by atoms with Gasteiger partial charge in [-0.25, -0.2) is 4.85 Å². The first-order chi connectivity index (χ1) is 20.1. The maximum Gasteiger partial charge on any atom is 0.187 e. The average molecular weight is 534 g/mol. The summed E-state index contributed by atoms with van der Waals surface area (Å²) in [7, 11) is 1.69. The van der Waals surface area contributed by atoms with Gasteiger partial charge in [-0.05, 0) is 58.7 Å². The third kappa shape index (κ3) is 3.44. The Labute approximate surface area is 241 Å².